The molecule has 0 saturated heterocycles. The summed E-state index contributed by atoms with van der Waals surface area (Å²) in [6.45, 7) is 12.2. The molecule has 0 fully saturated rings. The Kier molecular flexibility index (Phi) is 11.4. The Morgan fingerprint density at radius 1 is 0.611 bits per heavy atom. The molecule has 0 radical (unpaired) electrons. The summed E-state index contributed by atoms with van der Waals surface area (Å²) >= 11 is 0. The minimum absolute atomic E-state index is 0.814. The van der Waals surface area contributed by atoms with Crippen LogP contribution in [0.4, 0.5) is 0 Å². The molecule has 1 aromatic heterocycles. The highest BCUT2D eigenvalue weighted by molar-refractivity contribution is 6.77. The first-order valence-electron chi connectivity index (χ1n) is 14.4. The summed E-state index contributed by atoms with van der Waals surface area (Å²) in [6, 6.07) is 17.7. The first kappa shape index (κ1) is 28.3. The van der Waals surface area contributed by atoms with E-state index in [4.69, 9.17) is 0 Å². The maximum Gasteiger partial charge on any atom is 0.159 e. The van der Waals surface area contributed by atoms with E-state index in [1.807, 2.05) is 12.4 Å². The van der Waals surface area contributed by atoms with Crippen LogP contribution in [0.1, 0.15) is 82.8 Å². The highest BCUT2D eigenvalue weighted by atomic mass is 28.3. The van der Waals surface area contributed by atoms with Crippen molar-refractivity contribution in [2.45, 2.75) is 110 Å². The highest BCUT2D eigenvalue weighted by Gasteiger charge is 2.24. The van der Waals surface area contributed by atoms with Gasteiger partial charge in [-0.25, -0.2) is 9.97 Å². The number of benzene rings is 2. The molecule has 3 heteroatoms. The van der Waals surface area contributed by atoms with E-state index in [0.29, 0.717) is 0 Å². The van der Waals surface area contributed by atoms with Crippen LogP contribution in [0.3, 0.4) is 0 Å². The Labute approximate surface area is 222 Å². The molecule has 0 saturated carbocycles. The van der Waals surface area contributed by atoms with Crippen molar-refractivity contribution in [3.8, 4) is 22.5 Å². The molecule has 0 spiro atoms. The van der Waals surface area contributed by atoms with Gasteiger partial charge in [-0.1, -0.05) is 127 Å². The molecule has 0 N–H and O–H groups in total. The first-order valence-corrected chi connectivity index (χ1v) is 18.0. The summed E-state index contributed by atoms with van der Waals surface area (Å²) in [7, 11) is -1.00. The van der Waals surface area contributed by atoms with Gasteiger partial charge in [0, 0.05) is 26.0 Å². The molecule has 3 rings (SSSR count). The van der Waals surface area contributed by atoms with Crippen molar-refractivity contribution >= 4 is 8.07 Å². The minimum atomic E-state index is -1.00. The van der Waals surface area contributed by atoms with Crippen LogP contribution >= 0.6 is 0 Å². The summed E-state index contributed by atoms with van der Waals surface area (Å²) in [4.78, 5) is 9.34. The summed E-state index contributed by atoms with van der Waals surface area (Å²) in [5.41, 5.74) is 7.25. The van der Waals surface area contributed by atoms with Crippen LogP contribution in [-0.4, -0.2) is 18.0 Å². The lowest BCUT2D eigenvalue weighted by Crippen LogP contribution is -2.27. The fourth-order valence-electron chi connectivity index (χ4n) is 5.21. The number of rotatable bonds is 15. The molecule has 3 aromatic rings. The molecule has 0 aliphatic carbocycles. The molecular formula is C33H48N2Si. The van der Waals surface area contributed by atoms with Gasteiger partial charge in [0.05, 0.1) is 0 Å². The fraction of sp³-hybridized carbons (Fsp3) is 0.515. The predicted octanol–water partition coefficient (Wildman–Crippen LogP) is 10.2. The zero-order valence-electron chi connectivity index (χ0n) is 23.5. The monoisotopic (exact) mass is 500 g/mol. The van der Waals surface area contributed by atoms with E-state index in [1.165, 1.54) is 86.5 Å². The maximum atomic E-state index is 4.67. The number of aromatic nitrogens is 2. The topological polar surface area (TPSA) is 25.8 Å². The fourth-order valence-corrected chi connectivity index (χ4v) is 7.51. The third-order valence-corrected chi connectivity index (χ3v) is 10.8. The van der Waals surface area contributed by atoms with E-state index in [1.54, 1.807) is 0 Å². The third-order valence-electron chi connectivity index (χ3n) is 7.69. The Bertz CT molecular complexity index is 1000. The molecule has 2 nitrogen and oxygen atoms in total. The van der Waals surface area contributed by atoms with E-state index in [0.717, 1.165) is 23.3 Å². The summed E-state index contributed by atoms with van der Waals surface area (Å²) in [5.74, 6) is 0.814. The van der Waals surface area contributed by atoms with Gasteiger partial charge in [0.25, 0.3) is 0 Å². The van der Waals surface area contributed by atoms with Crippen molar-refractivity contribution in [1.82, 2.24) is 9.97 Å². The lowest BCUT2D eigenvalue weighted by atomic mass is 10.00. The van der Waals surface area contributed by atoms with E-state index in [2.05, 4.69) is 92.0 Å². The van der Waals surface area contributed by atoms with Crippen molar-refractivity contribution in [3.05, 3.63) is 72.1 Å². The molecule has 0 aliphatic rings. The summed E-state index contributed by atoms with van der Waals surface area (Å²) in [5, 5.41) is 0. The van der Waals surface area contributed by atoms with E-state index in [9.17, 15) is 0 Å². The average molecular weight is 501 g/mol. The van der Waals surface area contributed by atoms with Gasteiger partial charge >= 0.3 is 0 Å². The van der Waals surface area contributed by atoms with E-state index in [-0.39, 0.29) is 0 Å². The van der Waals surface area contributed by atoms with Crippen molar-refractivity contribution in [2.24, 2.45) is 0 Å². The maximum absolute atomic E-state index is 4.67. The van der Waals surface area contributed by atoms with Crippen LogP contribution in [0, 0.1) is 0 Å². The molecule has 2 aromatic carbocycles. The molecule has 1 unspecified atom stereocenters. The van der Waals surface area contributed by atoms with Gasteiger partial charge in [-0.15, -0.1) is 0 Å². The van der Waals surface area contributed by atoms with E-state index >= 15 is 0 Å². The first-order chi connectivity index (χ1) is 17.4. The standard InChI is InChI=1S/C33H48N2Si/c1-6-8-9-11-14-27-17-19-29(20-18-27)30-21-23-31(24-22-30)33-34-25-28(26-35-33)15-12-10-13-16-32(7-2)36(3,4)5/h17-26,32H,6-16H2,1-5H3. The van der Waals surface area contributed by atoms with Crippen LogP contribution in [0.2, 0.25) is 25.2 Å². The van der Waals surface area contributed by atoms with Crippen molar-refractivity contribution in [1.29, 1.82) is 0 Å². The van der Waals surface area contributed by atoms with Crippen LogP contribution < -0.4 is 0 Å². The number of nitrogens with zero attached hydrogens (tertiary/aromatic N) is 2. The minimum Gasteiger partial charge on any atom is -0.236 e. The zero-order valence-corrected chi connectivity index (χ0v) is 24.5. The number of aryl methyl sites for hydroxylation is 2. The largest absolute Gasteiger partial charge is 0.236 e. The normalized spacial score (nSPS) is 12.6. The molecule has 0 bridgehead atoms. The van der Waals surface area contributed by atoms with Gasteiger partial charge in [0.15, 0.2) is 5.82 Å². The van der Waals surface area contributed by atoms with Crippen LogP contribution in [0.15, 0.2) is 60.9 Å². The molecule has 194 valence electrons. The summed E-state index contributed by atoms with van der Waals surface area (Å²) < 4.78 is 0. The molecular weight excluding hydrogens is 452 g/mol. The lowest BCUT2D eigenvalue weighted by Gasteiger charge is -2.27. The molecule has 1 heterocycles. The highest BCUT2D eigenvalue weighted by Crippen LogP contribution is 2.31. The SMILES string of the molecule is CCCCCCc1ccc(-c2ccc(-c3ncc(CCCCCC(CC)[Si](C)(C)C)cn3)cc2)cc1. The second-order valence-electron chi connectivity index (χ2n) is 11.6. The van der Waals surface area contributed by atoms with Crippen molar-refractivity contribution in [2.75, 3.05) is 0 Å². The van der Waals surface area contributed by atoms with Gasteiger partial charge < -0.3 is 0 Å². The smallest absolute Gasteiger partial charge is 0.159 e. The third kappa shape index (κ3) is 8.99. The average Bonchev–Trinajstić information content (AvgIpc) is 2.89. The summed E-state index contributed by atoms with van der Waals surface area (Å²) in [6.07, 6.45) is 18.2. The van der Waals surface area contributed by atoms with Crippen molar-refractivity contribution < 1.29 is 0 Å². The molecule has 36 heavy (non-hydrogen) atoms. The number of unbranched alkanes of at least 4 members (excludes halogenated alkanes) is 5. The Morgan fingerprint density at radius 2 is 1.14 bits per heavy atom. The van der Waals surface area contributed by atoms with Gasteiger partial charge in [0.2, 0.25) is 0 Å². The molecule has 0 aliphatic heterocycles. The van der Waals surface area contributed by atoms with Crippen molar-refractivity contribution in [3.63, 3.8) is 0 Å². The van der Waals surface area contributed by atoms with Crippen LogP contribution in [0.5, 0.6) is 0 Å². The Morgan fingerprint density at radius 3 is 1.69 bits per heavy atom. The van der Waals surface area contributed by atoms with Gasteiger partial charge in [-0.05, 0) is 53.5 Å². The lowest BCUT2D eigenvalue weighted by molar-refractivity contribution is 0.595. The van der Waals surface area contributed by atoms with Crippen LogP contribution in [-0.2, 0) is 12.8 Å². The van der Waals surface area contributed by atoms with Crippen LogP contribution in [0.25, 0.3) is 22.5 Å². The predicted molar refractivity (Wildman–Crippen MR) is 160 cm³/mol. The number of hydrogen-bond acceptors (Lipinski definition) is 2. The molecule has 0 amide bonds. The second kappa shape index (κ2) is 14.5. The van der Waals surface area contributed by atoms with Gasteiger partial charge in [-0.3, -0.25) is 0 Å². The zero-order chi connectivity index (χ0) is 25.8. The van der Waals surface area contributed by atoms with Gasteiger partial charge in [0.1, 0.15) is 0 Å². The Hall–Kier alpha value is -2.26. The number of hydrogen-bond donors (Lipinski definition) is 0. The van der Waals surface area contributed by atoms with Gasteiger partial charge in [-0.2, -0.15) is 0 Å². The Balaban J connectivity index is 1.46. The second-order valence-corrected chi connectivity index (χ2v) is 17.1. The van der Waals surface area contributed by atoms with E-state index < -0.39 is 8.07 Å². The quantitative estimate of drug-likeness (QED) is 0.153. The molecule has 1 atom stereocenters.